The van der Waals surface area contributed by atoms with Crippen molar-refractivity contribution in [2.24, 2.45) is 0 Å². The molecule has 0 aromatic heterocycles. The van der Waals surface area contributed by atoms with Crippen molar-refractivity contribution < 1.29 is 4.43 Å². The van der Waals surface area contributed by atoms with Crippen LogP contribution in [-0.4, -0.2) is 23.3 Å². The Morgan fingerprint density at radius 1 is 1.20 bits per heavy atom. The van der Waals surface area contributed by atoms with Crippen LogP contribution < -0.4 is 4.46 Å². The van der Waals surface area contributed by atoms with Gasteiger partial charge in [0.1, 0.15) is 0 Å². The molecule has 0 atom stereocenters. The van der Waals surface area contributed by atoms with Crippen LogP contribution in [0.2, 0.25) is 19.6 Å². The molecular formula is C12H18OSeSi. The van der Waals surface area contributed by atoms with Crippen LogP contribution >= 0.6 is 0 Å². The van der Waals surface area contributed by atoms with Gasteiger partial charge < -0.3 is 0 Å². The Labute approximate surface area is 99.8 Å². The molecule has 1 aromatic rings. The molecule has 82 valence electrons. The summed E-state index contributed by atoms with van der Waals surface area (Å²) in [6.07, 6.45) is 0. The molecule has 0 saturated heterocycles. The van der Waals surface area contributed by atoms with E-state index in [1.54, 1.807) is 0 Å². The molecule has 0 aliphatic rings. The Hall–Kier alpha value is -0.504. The third-order valence-electron chi connectivity index (χ3n) is 1.57. The normalized spacial score (nSPS) is 12.7. The fourth-order valence-electron chi connectivity index (χ4n) is 1.16. The quantitative estimate of drug-likeness (QED) is 0.610. The van der Waals surface area contributed by atoms with Gasteiger partial charge in [0.25, 0.3) is 0 Å². The Kier molecular flexibility index (Phi) is 4.64. The van der Waals surface area contributed by atoms with Gasteiger partial charge in [-0.2, -0.15) is 0 Å². The van der Waals surface area contributed by atoms with Gasteiger partial charge in [0.2, 0.25) is 0 Å². The molecule has 0 saturated carbocycles. The maximum atomic E-state index is 5.88. The van der Waals surface area contributed by atoms with Crippen LogP contribution in [0.3, 0.4) is 0 Å². The number of allylic oxidation sites excluding steroid dienone is 1. The number of hydrogen-bond acceptors (Lipinski definition) is 1. The fourth-order valence-corrected chi connectivity index (χ4v) is 3.77. The van der Waals surface area contributed by atoms with Crippen LogP contribution in [0, 0.1) is 0 Å². The first-order chi connectivity index (χ1) is 6.97. The number of benzene rings is 1. The Morgan fingerprint density at radius 3 is 2.33 bits per heavy atom. The van der Waals surface area contributed by atoms with Crippen LogP contribution in [-0.2, 0) is 4.43 Å². The van der Waals surface area contributed by atoms with E-state index in [9.17, 15) is 0 Å². The monoisotopic (exact) mass is 286 g/mol. The zero-order chi connectivity index (χ0) is 11.3. The molecule has 0 amide bonds. The van der Waals surface area contributed by atoms with Gasteiger partial charge in [-0.3, -0.25) is 0 Å². The van der Waals surface area contributed by atoms with Crippen LogP contribution in [0.15, 0.2) is 41.1 Å². The van der Waals surface area contributed by atoms with Gasteiger partial charge in [-0.05, 0) is 0 Å². The molecule has 3 heteroatoms. The molecule has 0 bridgehead atoms. The summed E-state index contributed by atoms with van der Waals surface area (Å²) in [7, 11) is -1.42. The summed E-state index contributed by atoms with van der Waals surface area (Å²) in [5, 5.41) is 0. The minimum absolute atomic E-state index is 0.394. The molecule has 1 rings (SSSR count). The Morgan fingerprint density at radius 2 is 1.80 bits per heavy atom. The molecule has 0 unspecified atom stereocenters. The predicted octanol–water partition coefficient (Wildman–Crippen LogP) is 2.73. The average molecular weight is 285 g/mol. The molecule has 0 N–H and O–H groups in total. The molecule has 0 aliphatic heterocycles. The van der Waals surface area contributed by atoms with Crippen molar-refractivity contribution in [2.45, 2.75) is 26.6 Å². The summed E-state index contributed by atoms with van der Waals surface area (Å²) in [6.45, 7) is 8.68. The summed E-state index contributed by atoms with van der Waals surface area (Å²) in [5.74, 6) is 1.08. The first-order valence-electron chi connectivity index (χ1n) is 5.05. The molecule has 0 heterocycles. The van der Waals surface area contributed by atoms with Gasteiger partial charge in [-0.15, -0.1) is 0 Å². The number of hydrogen-bond donors (Lipinski definition) is 0. The van der Waals surface area contributed by atoms with Crippen LogP contribution in [0.25, 0.3) is 0 Å². The molecule has 0 spiro atoms. The Balaban J connectivity index is 2.51. The van der Waals surface area contributed by atoms with E-state index in [0.717, 1.165) is 5.76 Å². The first kappa shape index (κ1) is 12.6. The third-order valence-corrected chi connectivity index (χ3v) is 4.59. The van der Waals surface area contributed by atoms with Crippen LogP contribution in [0.5, 0.6) is 0 Å². The fraction of sp³-hybridized carbons (Fsp3) is 0.333. The molecule has 1 nitrogen and oxygen atoms in total. The van der Waals surface area contributed by atoms with E-state index in [-0.39, 0.29) is 0 Å². The van der Waals surface area contributed by atoms with Gasteiger partial charge in [0.05, 0.1) is 0 Å². The predicted molar refractivity (Wildman–Crippen MR) is 70.0 cm³/mol. The zero-order valence-electron chi connectivity index (χ0n) is 9.78. The first-order valence-corrected chi connectivity index (χ1v) is 10.3. The second-order valence-electron chi connectivity index (χ2n) is 4.37. The SMILES string of the molecule is C/C(=C/[Se]c1ccccc1)O[Si](C)(C)C. The van der Waals surface area contributed by atoms with E-state index >= 15 is 0 Å². The van der Waals surface area contributed by atoms with Crippen molar-refractivity contribution in [2.75, 3.05) is 0 Å². The number of rotatable bonds is 4. The molecule has 15 heavy (non-hydrogen) atoms. The van der Waals surface area contributed by atoms with Gasteiger partial charge in [0.15, 0.2) is 0 Å². The Bertz CT molecular complexity index is 327. The second-order valence-corrected chi connectivity index (χ2v) is 10.8. The minimum atomic E-state index is -1.42. The van der Waals surface area contributed by atoms with Gasteiger partial charge >= 0.3 is 99.8 Å². The van der Waals surface area contributed by atoms with E-state index in [2.05, 4.69) is 61.9 Å². The van der Waals surface area contributed by atoms with E-state index < -0.39 is 8.32 Å². The molecule has 0 fully saturated rings. The van der Waals surface area contributed by atoms with Crippen molar-refractivity contribution in [3.63, 3.8) is 0 Å². The summed E-state index contributed by atoms with van der Waals surface area (Å²) < 4.78 is 7.27. The summed E-state index contributed by atoms with van der Waals surface area (Å²) in [5.41, 5.74) is 0. The van der Waals surface area contributed by atoms with Crippen LogP contribution in [0.4, 0.5) is 0 Å². The molecular weight excluding hydrogens is 267 g/mol. The van der Waals surface area contributed by atoms with Crippen molar-refractivity contribution in [3.05, 3.63) is 41.1 Å². The van der Waals surface area contributed by atoms with Crippen LogP contribution in [0.1, 0.15) is 6.92 Å². The van der Waals surface area contributed by atoms with Crippen molar-refractivity contribution in [1.82, 2.24) is 0 Å². The van der Waals surface area contributed by atoms with Gasteiger partial charge in [-0.1, -0.05) is 0 Å². The second kappa shape index (κ2) is 5.54. The van der Waals surface area contributed by atoms with E-state index in [1.807, 2.05) is 0 Å². The van der Waals surface area contributed by atoms with Gasteiger partial charge in [0, 0.05) is 0 Å². The molecule has 0 radical (unpaired) electrons. The van der Waals surface area contributed by atoms with Crippen molar-refractivity contribution >= 4 is 27.7 Å². The summed E-state index contributed by atoms with van der Waals surface area (Å²) >= 11 is 0.394. The van der Waals surface area contributed by atoms with Crippen molar-refractivity contribution in [3.8, 4) is 0 Å². The maximum absolute atomic E-state index is 5.88. The van der Waals surface area contributed by atoms with Gasteiger partial charge in [-0.25, -0.2) is 0 Å². The zero-order valence-corrected chi connectivity index (χ0v) is 12.5. The van der Waals surface area contributed by atoms with E-state index in [4.69, 9.17) is 4.43 Å². The topological polar surface area (TPSA) is 9.23 Å². The summed E-state index contributed by atoms with van der Waals surface area (Å²) in [4.78, 5) is 2.22. The molecule has 0 aliphatic carbocycles. The van der Waals surface area contributed by atoms with E-state index in [1.165, 1.54) is 4.46 Å². The van der Waals surface area contributed by atoms with Crippen molar-refractivity contribution in [1.29, 1.82) is 0 Å². The standard InChI is InChI=1S/C12H18OSeSi/c1-11(13-15(2,3)4)10-14-12-8-6-5-7-9-12/h5-10H,1-4H3/b11-10-. The summed E-state index contributed by atoms with van der Waals surface area (Å²) in [6, 6.07) is 10.5. The average Bonchev–Trinajstić information content (AvgIpc) is 2.14. The molecule has 1 aromatic carbocycles. The third kappa shape index (κ3) is 5.83. The van der Waals surface area contributed by atoms with E-state index in [0.29, 0.717) is 15.0 Å².